The summed E-state index contributed by atoms with van der Waals surface area (Å²) < 4.78 is 38.7. The third kappa shape index (κ3) is 4.08. The van der Waals surface area contributed by atoms with Gasteiger partial charge in [0.2, 0.25) is 5.91 Å². The van der Waals surface area contributed by atoms with Gasteiger partial charge in [-0.3, -0.25) is 14.9 Å². The van der Waals surface area contributed by atoms with E-state index in [0.717, 1.165) is 12.5 Å². The molecule has 6 nitrogen and oxygen atoms in total. The molecule has 0 aromatic heterocycles. The van der Waals surface area contributed by atoms with E-state index in [-0.39, 0.29) is 18.0 Å². The first kappa shape index (κ1) is 18.3. The molecule has 1 amide bonds. The molecule has 1 saturated heterocycles. The van der Waals surface area contributed by atoms with Gasteiger partial charge < -0.3 is 10.6 Å². The number of anilines is 1. The van der Waals surface area contributed by atoms with Gasteiger partial charge in [-0.25, -0.2) is 0 Å². The minimum Gasteiger partial charge on any atom is -0.370 e. The number of carbonyl (C=O) groups is 1. The second-order valence-corrected chi connectivity index (χ2v) is 6.11. The zero-order valence-corrected chi connectivity index (χ0v) is 13.2. The number of piperidine rings is 1. The van der Waals surface area contributed by atoms with Gasteiger partial charge in [0, 0.05) is 25.6 Å². The lowest BCUT2D eigenvalue weighted by atomic mass is 9.94. The molecule has 0 bridgehead atoms. The van der Waals surface area contributed by atoms with Gasteiger partial charge in [0.25, 0.3) is 5.69 Å². The van der Waals surface area contributed by atoms with Crippen molar-refractivity contribution in [2.45, 2.75) is 25.4 Å². The summed E-state index contributed by atoms with van der Waals surface area (Å²) in [6, 6.07) is 1.42. The van der Waals surface area contributed by atoms with Crippen LogP contribution >= 0.6 is 11.6 Å². The van der Waals surface area contributed by atoms with Crippen molar-refractivity contribution in [1.29, 1.82) is 0 Å². The Morgan fingerprint density at radius 2 is 2.12 bits per heavy atom. The minimum atomic E-state index is -4.78. The maximum absolute atomic E-state index is 12.9. The van der Waals surface area contributed by atoms with Gasteiger partial charge in [0.1, 0.15) is 5.69 Å². The van der Waals surface area contributed by atoms with Crippen LogP contribution in [-0.2, 0) is 11.0 Å². The second kappa shape index (κ2) is 6.84. The van der Waals surface area contributed by atoms with Gasteiger partial charge >= 0.3 is 6.18 Å². The van der Waals surface area contributed by atoms with E-state index >= 15 is 0 Å². The maximum atomic E-state index is 12.9. The highest BCUT2D eigenvalue weighted by Crippen LogP contribution is 2.42. The lowest BCUT2D eigenvalue weighted by Crippen LogP contribution is -2.37. The number of hydrogen-bond acceptors (Lipinski definition) is 4. The van der Waals surface area contributed by atoms with Gasteiger partial charge in [0.15, 0.2) is 0 Å². The standard InChI is InChI=1S/C14H15ClF3N3O3/c15-10-6-11(12(21(23)24)5-9(10)14(16,17)18)20-3-1-2-8(7-20)4-13(19)22/h5-6,8H,1-4,7H2,(H2,19,22). The highest BCUT2D eigenvalue weighted by atomic mass is 35.5. The van der Waals surface area contributed by atoms with Gasteiger partial charge in [-0.05, 0) is 24.8 Å². The first-order valence-corrected chi connectivity index (χ1v) is 7.55. The van der Waals surface area contributed by atoms with Crippen LogP contribution in [0.4, 0.5) is 24.5 Å². The monoisotopic (exact) mass is 365 g/mol. The van der Waals surface area contributed by atoms with Crippen molar-refractivity contribution in [3.8, 4) is 0 Å². The zero-order chi connectivity index (χ0) is 18.1. The van der Waals surface area contributed by atoms with Crippen LogP contribution in [-0.4, -0.2) is 23.9 Å². The number of primary amides is 1. The summed E-state index contributed by atoms with van der Waals surface area (Å²) in [6.07, 6.45) is -3.29. The second-order valence-electron chi connectivity index (χ2n) is 5.70. The van der Waals surface area contributed by atoms with E-state index < -0.39 is 33.3 Å². The number of carbonyl (C=O) groups excluding carboxylic acids is 1. The summed E-state index contributed by atoms with van der Waals surface area (Å²) in [7, 11) is 0. The Kier molecular flexibility index (Phi) is 5.22. The number of alkyl halides is 3. The average Bonchev–Trinajstić information content (AvgIpc) is 2.44. The largest absolute Gasteiger partial charge is 0.418 e. The summed E-state index contributed by atoms with van der Waals surface area (Å²) >= 11 is 5.69. The number of nitrogens with two attached hydrogens (primary N) is 1. The quantitative estimate of drug-likeness (QED) is 0.654. The van der Waals surface area contributed by atoms with Crippen molar-refractivity contribution >= 4 is 28.9 Å². The molecular formula is C14H15ClF3N3O3. The Hall–Kier alpha value is -2.03. The lowest BCUT2D eigenvalue weighted by Gasteiger charge is -2.34. The molecule has 0 aliphatic carbocycles. The fraction of sp³-hybridized carbons (Fsp3) is 0.500. The van der Waals surface area contributed by atoms with E-state index in [2.05, 4.69) is 0 Å². The third-order valence-corrected chi connectivity index (χ3v) is 4.23. The van der Waals surface area contributed by atoms with Crippen LogP contribution in [0.2, 0.25) is 5.02 Å². The molecule has 0 saturated carbocycles. The number of hydrogen-bond donors (Lipinski definition) is 1. The number of amides is 1. The summed E-state index contributed by atoms with van der Waals surface area (Å²) in [4.78, 5) is 23.0. The van der Waals surface area contributed by atoms with Crippen LogP contribution in [0.1, 0.15) is 24.8 Å². The average molecular weight is 366 g/mol. The summed E-state index contributed by atoms with van der Waals surface area (Å²) in [5.41, 5.74) is 3.28. The zero-order valence-electron chi connectivity index (χ0n) is 12.5. The first-order valence-electron chi connectivity index (χ1n) is 7.18. The topological polar surface area (TPSA) is 89.5 Å². The van der Waals surface area contributed by atoms with E-state index in [9.17, 15) is 28.1 Å². The number of halogens is 4. The summed E-state index contributed by atoms with van der Waals surface area (Å²) in [5, 5.41) is 10.6. The molecule has 1 atom stereocenters. The number of nitro benzene ring substituents is 1. The van der Waals surface area contributed by atoms with E-state index in [1.165, 1.54) is 0 Å². The Labute approximate surface area is 140 Å². The van der Waals surface area contributed by atoms with Crippen molar-refractivity contribution in [2.24, 2.45) is 11.7 Å². The van der Waals surface area contributed by atoms with Crippen LogP contribution in [0.25, 0.3) is 0 Å². The molecule has 132 valence electrons. The van der Waals surface area contributed by atoms with Gasteiger partial charge in [-0.1, -0.05) is 11.6 Å². The summed E-state index contributed by atoms with van der Waals surface area (Å²) in [5.74, 6) is -0.585. The van der Waals surface area contributed by atoms with Gasteiger partial charge in [-0.15, -0.1) is 0 Å². The van der Waals surface area contributed by atoms with Crippen molar-refractivity contribution in [3.63, 3.8) is 0 Å². The van der Waals surface area contributed by atoms with Gasteiger partial charge in [0.05, 0.1) is 15.5 Å². The molecule has 1 aliphatic rings. The van der Waals surface area contributed by atoms with E-state index in [1.807, 2.05) is 0 Å². The molecule has 1 aromatic rings. The minimum absolute atomic E-state index is 0.0205. The fourth-order valence-corrected chi connectivity index (χ4v) is 3.17. The highest BCUT2D eigenvalue weighted by Gasteiger charge is 2.37. The molecule has 1 fully saturated rings. The predicted molar refractivity (Wildman–Crippen MR) is 81.9 cm³/mol. The van der Waals surface area contributed by atoms with E-state index in [1.54, 1.807) is 4.90 Å². The van der Waals surface area contributed by atoms with E-state index in [4.69, 9.17) is 17.3 Å². The lowest BCUT2D eigenvalue weighted by molar-refractivity contribution is -0.384. The Morgan fingerprint density at radius 1 is 1.46 bits per heavy atom. The van der Waals surface area contributed by atoms with Crippen molar-refractivity contribution in [3.05, 3.63) is 32.8 Å². The molecule has 0 spiro atoms. The van der Waals surface area contributed by atoms with Crippen LogP contribution in [0, 0.1) is 16.0 Å². The van der Waals surface area contributed by atoms with Crippen LogP contribution in [0.3, 0.4) is 0 Å². The summed E-state index contributed by atoms with van der Waals surface area (Å²) in [6.45, 7) is 0.725. The molecule has 10 heteroatoms. The molecular weight excluding hydrogens is 351 g/mol. The SMILES string of the molecule is NC(=O)CC1CCCN(c2cc(Cl)c(C(F)(F)F)cc2[N+](=O)[O-])C1. The fourth-order valence-electron chi connectivity index (χ4n) is 2.90. The maximum Gasteiger partial charge on any atom is 0.418 e. The van der Waals surface area contributed by atoms with Crippen molar-refractivity contribution in [2.75, 3.05) is 18.0 Å². The molecule has 0 radical (unpaired) electrons. The normalized spacial score (nSPS) is 18.5. The molecule has 1 aromatic carbocycles. The number of nitrogens with zero attached hydrogens (tertiary/aromatic N) is 2. The van der Waals surface area contributed by atoms with Crippen LogP contribution in [0.5, 0.6) is 0 Å². The Bertz CT molecular complexity index is 667. The Balaban J connectivity index is 2.40. The van der Waals surface area contributed by atoms with Crippen molar-refractivity contribution < 1.29 is 22.9 Å². The van der Waals surface area contributed by atoms with Crippen molar-refractivity contribution in [1.82, 2.24) is 0 Å². The molecule has 1 unspecified atom stereocenters. The number of nitro groups is 1. The molecule has 2 rings (SSSR count). The molecule has 1 aliphatic heterocycles. The Morgan fingerprint density at radius 3 is 2.67 bits per heavy atom. The van der Waals surface area contributed by atoms with Crippen LogP contribution in [0.15, 0.2) is 12.1 Å². The molecule has 24 heavy (non-hydrogen) atoms. The molecule has 1 heterocycles. The first-order chi connectivity index (χ1) is 11.1. The molecule has 2 N–H and O–H groups in total. The smallest absolute Gasteiger partial charge is 0.370 e. The van der Waals surface area contributed by atoms with E-state index in [0.29, 0.717) is 25.6 Å². The highest BCUT2D eigenvalue weighted by molar-refractivity contribution is 6.31. The van der Waals surface area contributed by atoms with Gasteiger partial charge in [-0.2, -0.15) is 13.2 Å². The number of benzene rings is 1. The third-order valence-electron chi connectivity index (χ3n) is 3.92. The predicted octanol–water partition coefficient (Wildman–Crippen LogP) is 3.36. The number of rotatable bonds is 4. The van der Waals surface area contributed by atoms with Crippen LogP contribution < -0.4 is 10.6 Å².